The van der Waals surface area contributed by atoms with Gasteiger partial charge in [-0.2, -0.15) is 5.10 Å². The van der Waals surface area contributed by atoms with Gasteiger partial charge in [0, 0.05) is 6.54 Å². The number of ether oxygens (including phenoxy) is 1. The van der Waals surface area contributed by atoms with E-state index in [1.54, 1.807) is 6.20 Å². The lowest BCUT2D eigenvalue weighted by molar-refractivity contribution is 0.261. The lowest BCUT2D eigenvalue weighted by Crippen LogP contribution is -2.19. The van der Waals surface area contributed by atoms with Gasteiger partial charge in [0.1, 0.15) is 6.61 Å². The molecule has 0 bridgehead atoms. The molecule has 0 atom stereocenters. The van der Waals surface area contributed by atoms with E-state index in [-0.39, 0.29) is 0 Å². The zero-order chi connectivity index (χ0) is 12.1. The maximum Gasteiger partial charge on any atom is 0.157 e. The molecule has 1 aromatic heterocycles. The fraction of sp³-hybridized carbons (Fsp3) is 0.308. The summed E-state index contributed by atoms with van der Waals surface area (Å²) in [6, 6.07) is 9.99. The lowest BCUT2D eigenvalue weighted by Gasteiger charge is -2.09. The monoisotopic (exact) mass is 231 g/mol. The van der Waals surface area contributed by atoms with E-state index >= 15 is 0 Å². The highest BCUT2D eigenvalue weighted by Crippen LogP contribution is 2.12. The third kappa shape index (κ3) is 3.32. The third-order valence-corrected chi connectivity index (χ3v) is 2.39. The first-order chi connectivity index (χ1) is 8.25. The smallest absolute Gasteiger partial charge is 0.157 e. The molecule has 4 nitrogen and oxygen atoms in total. The van der Waals surface area contributed by atoms with E-state index in [2.05, 4.69) is 10.00 Å². The molecule has 0 fully saturated rings. The minimum absolute atomic E-state index is 0.674. The largest absolute Gasteiger partial charge is 0.489 e. The van der Waals surface area contributed by atoms with Crippen molar-refractivity contribution < 1.29 is 4.74 Å². The molecule has 0 radical (unpaired) electrons. The van der Waals surface area contributed by atoms with Crippen LogP contribution in [0.4, 0.5) is 0 Å². The Morgan fingerprint density at radius 1 is 1.24 bits per heavy atom. The van der Waals surface area contributed by atoms with E-state index in [1.165, 1.54) is 0 Å². The SMILES string of the molecule is CN(C)CCOc1cnn(-c2ccccc2)c1. The summed E-state index contributed by atoms with van der Waals surface area (Å²) in [4.78, 5) is 2.08. The molecule has 2 aromatic rings. The van der Waals surface area contributed by atoms with Crippen LogP contribution in [0.2, 0.25) is 0 Å². The van der Waals surface area contributed by atoms with E-state index in [9.17, 15) is 0 Å². The van der Waals surface area contributed by atoms with E-state index < -0.39 is 0 Å². The summed E-state index contributed by atoms with van der Waals surface area (Å²) < 4.78 is 7.40. The Bertz CT molecular complexity index is 451. The number of nitrogens with zero attached hydrogens (tertiary/aromatic N) is 3. The Morgan fingerprint density at radius 3 is 2.71 bits per heavy atom. The lowest BCUT2D eigenvalue weighted by atomic mass is 10.3. The van der Waals surface area contributed by atoms with E-state index in [0.717, 1.165) is 18.0 Å². The topological polar surface area (TPSA) is 30.3 Å². The maximum absolute atomic E-state index is 5.59. The third-order valence-electron chi connectivity index (χ3n) is 2.39. The molecule has 0 aliphatic carbocycles. The van der Waals surface area contributed by atoms with Crippen molar-refractivity contribution in [3.05, 3.63) is 42.7 Å². The molecular formula is C13H17N3O. The van der Waals surface area contributed by atoms with Crippen LogP contribution in [0.1, 0.15) is 0 Å². The van der Waals surface area contributed by atoms with Gasteiger partial charge in [-0.25, -0.2) is 4.68 Å². The summed E-state index contributed by atoms with van der Waals surface area (Å²) in [5.74, 6) is 0.802. The molecule has 1 heterocycles. The fourth-order valence-corrected chi connectivity index (χ4v) is 1.45. The van der Waals surface area contributed by atoms with E-state index in [0.29, 0.717) is 6.61 Å². The summed E-state index contributed by atoms with van der Waals surface area (Å²) in [6.07, 6.45) is 3.63. The van der Waals surface area contributed by atoms with Crippen LogP contribution < -0.4 is 4.74 Å². The summed E-state index contributed by atoms with van der Waals surface area (Å²) >= 11 is 0. The molecule has 0 aliphatic heterocycles. The predicted octanol–water partition coefficient (Wildman–Crippen LogP) is 1.81. The van der Waals surface area contributed by atoms with Crippen molar-refractivity contribution in [2.75, 3.05) is 27.2 Å². The molecule has 0 unspecified atom stereocenters. The highest BCUT2D eigenvalue weighted by atomic mass is 16.5. The Labute approximate surface area is 101 Å². The molecule has 0 saturated heterocycles. The standard InChI is InChI=1S/C13H17N3O/c1-15(2)8-9-17-13-10-14-16(11-13)12-6-4-3-5-7-12/h3-7,10-11H,8-9H2,1-2H3. The molecule has 0 N–H and O–H groups in total. The van der Waals surface area contributed by atoms with Crippen LogP contribution in [0, 0.1) is 0 Å². The summed E-state index contributed by atoms with van der Waals surface area (Å²) in [7, 11) is 4.05. The van der Waals surface area contributed by atoms with Crippen molar-refractivity contribution in [3.8, 4) is 11.4 Å². The second-order valence-electron chi connectivity index (χ2n) is 4.11. The molecule has 4 heteroatoms. The van der Waals surface area contributed by atoms with Crippen LogP contribution >= 0.6 is 0 Å². The van der Waals surface area contributed by atoms with Gasteiger partial charge in [0.2, 0.25) is 0 Å². The molecule has 0 saturated carbocycles. The van der Waals surface area contributed by atoms with Crippen LogP contribution in [-0.4, -0.2) is 41.9 Å². The number of likely N-dealkylation sites (N-methyl/N-ethyl adjacent to an activating group) is 1. The van der Waals surface area contributed by atoms with Crippen molar-refractivity contribution in [3.63, 3.8) is 0 Å². The minimum atomic E-state index is 0.674. The number of rotatable bonds is 5. The molecule has 0 spiro atoms. The van der Waals surface area contributed by atoms with Crippen LogP contribution in [0.3, 0.4) is 0 Å². The van der Waals surface area contributed by atoms with Crippen molar-refractivity contribution >= 4 is 0 Å². The van der Waals surface area contributed by atoms with Gasteiger partial charge >= 0.3 is 0 Å². The number of aromatic nitrogens is 2. The quantitative estimate of drug-likeness (QED) is 0.786. The van der Waals surface area contributed by atoms with Gasteiger partial charge in [-0.15, -0.1) is 0 Å². The summed E-state index contributed by atoms with van der Waals surface area (Å²) in [5.41, 5.74) is 1.04. The number of benzene rings is 1. The second-order valence-corrected chi connectivity index (χ2v) is 4.11. The second kappa shape index (κ2) is 5.50. The highest BCUT2D eigenvalue weighted by Gasteiger charge is 2.01. The highest BCUT2D eigenvalue weighted by molar-refractivity contribution is 5.32. The Hall–Kier alpha value is -1.81. The summed E-state index contributed by atoms with van der Waals surface area (Å²) in [6.45, 7) is 1.57. The van der Waals surface area contributed by atoms with Gasteiger partial charge in [-0.3, -0.25) is 0 Å². The fourth-order valence-electron chi connectivity index (χ4n) is 1.45. The minimum Gasteiger partial charge on any atom is -0.489 e. The normalized spacial score (nSPS) is 10.8. The van der Waals surface area contributed by atoms with Gasteiger partial charge < -0.3 is 9.64 Å². The predicted molar refractivity (Wildman–Crippen MR) is 67.6 cm³/mol. The zero-order valence-corrected chi connectivity index (χ0v) is 10.2. The molecule has 2 rings (SSSR count). The van der Waals surface area contributed by atoms with Gasteiger partial charge in [0.05, 0.1) is 18.1 Å². The van der Waals surface area contributed by atoms with Gasteiger partial charge in [0.15, 0.2) is 5.75 Å². The van der Waals surface area contributed by atoms with Gasteiger partial charge in [0.25, 0.3) is 0 Å². The zero-order valence-electron chi connectivity index (χ0n) is 10.2. The maximum atomic E-state index is 5.59. The average molecular weight is 231 g/mol. The Kier molecular flexibility index (Phi) is 3.77. The van der Waals surface area contributed by atoms with Crippen LogP contribution in [0.25, 0.3) is 5.69 Å². The van der Waals surface area contributed by atoms with E-state index in [1.807, 2.05) is 55.3 Å². The number of hydrogen-bond acceptors (Lipinski definition) is 3. The van der Waals surface area contributed by atoms with Crippen molar-refractivity contribution in [1.29, 1.82) is 0 Å². The van der Waals surface area contributed by atoms with Crippen LogP contribution in [-0.2, 0) is 0 Å². The summed E-state index contributed by atoms with van der Waals surface area (Å²) in [5, 5.41) is 4.26. The van der Waals surface area contributed by atoms with Crippen LogP contribution in [0.5, 0.6) is 5.75 Å². The molecule has 1 aromatic carbocycles. The van der Waals surface area contributed by atoms with Crippen molar-refractivity contribution in [2.45, 2.75) is 0 Å². The first-order valence-electron chi connectivity index (χ1n) is 5.63. The molecule has 0 aliphatic rings. The Morgan fingerprint density at radius 2 is 2.00 bits per heavy atom. The van der Waals surface area contributed by atoms with Crippen molar-refractivity contribution in [2.24, 2.45) is 0 Å². The molecule has 0 amide bonds. The molecular weight excluding hydrogens is 214 g/mol. The van der Waals surface area contributed by atoms with Crippen molar-refractivity contribution in [1.82, 2.24) is 14.7 Å². The number of para-hydroxylation sites is 1. The molecule has 17 heavy (non-hydrogen) atoms. The van der Waals surface area contributed by atoms with E-state index in [4.69, 9.17) is 4.74 Å². The van der Waals surface area contributed by atoms with Crippen LogP contribution in [0.15, 0.2) is 42.7 Å². The number of hydrogen-bond donors (Lipinski definition) is 0. The first kappa shape index (κ1) is 11.7. The average Bonchev–Trinajstić information content (AvgIpc) is 2.78. The first-order valence-corrected chi connectivity index (χ1v) is 5.63. The Balaban J connectivity index is 1.97. The molecule has 90 valence electrons. The van der Waals surface area contributed by atoms with Gasteiger partial charge in [-0.05, 0) is 26.2 Å². The van der Waals surface area contributed by atoms with Gasteiger partial charge in [-0.1, -0.05) is 18.2 Å².